The van der Waals surface area contributed by atoms with Crippen LogP contribution in [0.25, 0.3) is 11.2 Å². The van der Waals surface area contributed by atoms with Gasteiger partial charge in [0.2, 0.25) is 11.9 Å². The number of nitrogens with zero attached hydrogens (tertiary/aromatic N) is 5. The van der Waals surface area contributed by atoms with Gasteiger partial charge < -0.3 is 18.9 Å². The van der Waals surface area contributed by atoms with Gasteiger partial charge in [0, 0.05) is 39.0 Å². The van der Waals surface area contributed by atoms with E-state index in [1.165, 1.54) is 10.9 Å². The van der Waals surface area contributed by atoms with Gasteiger partial charge in [0.1, 0.15) is 6.10 Å². The second-order valence-corrected chi connectivity index (χ2v) is 16.0. The van der Waals surface area contributed by atoms with E-state index in [-0.39, 0.29) is 77.7 Å². The number of fused-ring (bicyclic) bond motifs is 1. The fraction of sp³-hybridized carbons (Fsp3) is 0.679. The van der Waals surface area contributed by atoms with Gasteiger partial charge in [0.05, 0.1) is 23.9 Å². The fourth-order valence-corrected chi connectivity index (χ4v) is 8.20. The molecule has 2 unspecified atom stereocenters. The van der Waals surface area contributed by atoms with E-state index in [0.29, 0.717) is 6.54 Å². The van der Waals surface area contributed by atoms with E-state index in [4.69, 9.17) is 32.2 Å². The van der Waals surface area contributed by atoms with Crippen LogP contribution in [-0.2, 0) is 33.3 Å². The van der Waals surface area contributed by atoms with Gasteiger partial charge in [0.15, 0.2) is 33.3 Å². The van der Waals surface area contributed by atoms with Gasteiger partial charge in [-0.15, -0.1) is 6.58 Å². The van der Waals surface area contributed by atoms with Crippen LogP contribution in [0.15, 0.2) is 23.8 Å². The minimum Gasteiger partial charge on any atom is -0.460 e. The number of hydrogen-bond acceptors (Lipinski definition) is 13. The van der Waals surface area contributed by atoms with Gasteiger partial charge in [-0.2, -0.15) is 10.5 Å². The number of H-pyrrole nitrogens is 1. The number of sulfone groups is 1. The van der Waals surface area contributed by atoms with Gasteiger partial charge in [0.25, 0.3) is 19.3 Å². The molecule has 2 aromatic rings. The lowest BCUT2D eigenvalue weighted by Crippen LogP contribution is -2.47. The molecular weight excluding hydrogens is 671 g/mol. The highest BCUT2D eigenvalue weighted by Crippen LogP contribution is 2.50. The predicted octanol–water partition coefficient (Wildman–Crippen LogP) is 2.47. The van der Waals surface area contributed by atoms with Crippen molar-refractivity contribution < 1.29 is 33.2 Å². The zero-order valence-electron chi connectivity index (χ0n) is 28.4. The Bertz CT molecular complexity index is 1600. The molecule has 16 nitrogen and oxygen atoms in total. The van der Waals surface area contributed by atoms with E-state index in [1.807, 2.05) is 32.4 Å². The third-order valence-corrected chi connectivity index (χ3v) is 11.4. The topological polar surface area (TPSA) is 182 Å². The number of carbonyl (C=O) groups is 1. The van der Waals surface area contributed by atoms with Crippen molar-refractivity contribution in [3.8, 4) is 0 Å². The largest absolute Gasteiger partial charge is 0.460 e. The lowest BCUT2D eigenvalue weighted by Gasteiger charge is -2.38. The minimum atomic E-state index is -3.19. The van der Waals surface area contributed by atoms with Gasteiger partial charge in [-0.05, 0) is 46.8 Å². The Labute approximate surface area is 282 Å². The number of thiocarbonyl (C=S) groups is 1. The van der Waals surface area contributed by atoms with Crippen LogP contribution in [0.4, 0.5) is 5.95 Å². The Morgan fingerprint density at radius 3 is 2.55 bits per heavy atom. The average Bonchev–Trinajstić information content (AvgIpc) is 3.57. The van der Waals surface area contributed by atoms with E-state index in [2.05, 4.69) is 32.3 Å². The standard InChI is InChI=1S/C28H45N8O8PS2/c1-9-10-30-44-45(36(17(4)5)18(6)7)43-21-19(8)41-26(22(21)42-28(46)34-11-13-47(39,40)14-12-34)35-15-29-20-23(35)31-27(33-25(20)38)32-24(37)16(2)3/h9,15-19,21-22,26,30H,1,10-14H2,2-8H3,(H2,31,32,33,37,38)/t19-,21+,22+,26?,45?/m1/s1/i8D. The lowest BCUT2D eigenvalue weighted by molar-refractivity contribution is -0.118. The predicted molar refractivity (Wildman–Crippen MR) is 182 cm³/mol. The van der Waals surface area contributed by atoms with Crippen LogP contribution in [0.1, 0.15) is 56.0 Å². The molecule has 0 bridgehead atoms. The molecule has 2 aliphatic rings. The van der Waals surface area contributed by atoms with Crippen molar-refractivity contribution in [1.82, 2.24) is 34.6 Å². The number of imidazole rings is 1. The van der Waals surface area contributed by atoms with Crippen molar-refractivity contribution in [2.45, 2.75) is 85.1 Å². The Balaban J connectivity index is 1.77. The number of aromatic nitrogens is 4. The lowest BCUT2D eigenvalue weighted by atomic mass is 10.1. The molecular formula is C28H45N8O8PS2. The quantitative estimate of drug-likeness (QED) is 0.0904. The zero-order valence-corrected chi connectivity index (χ0v) is 29.9. The Hall–Kier alpha value is -2.57. The molecule has 1 amide bonds. The molecule has 262 valence electrons. The Morgan fingerprint density at radius 2 is 1.96 bits per heavy atom. The van der Waals surface area contributed by atoms with Crippen molar-refractivity contribution >= 4 is 58.8 Å². The number of amides is 1. The van der Waals surface area contributed by atoms with Crippen molar-refractivity contribution in [3.05, 3.63) is 29.3 Å². The van der Waals surface area contributed by atoms with Gasteiger partial charge in [-0.3, -0.25) is 24.5 Å². The summed E-state index contributed by atoms with van der Waals surface area (Å²) in [6.45, 7) is 15.6. The molecule has 2 aliphatic heterocycles. The first-order chi connectivity index (χ1) is 22.7. The summed E-state index contributed by atoms with van der Waals surface area (Å²) in [6.07, 6.45) is -0.888. The van der Waals surface area contributed by atoms with E-state index >= 15 is 0 Å². The molecule has 2 saturated heterocycles. The van der Waals surface area contributed by atoms with Crippen molar-refractivity contribution in [1.29, 1.82) is 0 Å². The number of hydrogen-bond donors (Lipinski definition) is 3. The molecule has 0 spiro atoms. The van der Waals surface area contributed by atoms with Crippen molar-refractivity contribution in [2.75, 3.05) is 36.5 Å². The van der Waals surface area contributed by atoms with Crippen LogP contribution < -0.4 is 16.4 Å². The molecule has 3 N–H and O–H groups in total. The summed E-state index contributed by atoms with van der Waals surface area (Å²) in [4.78, 5) is 38.3. The summed E-state index contributed by atoms with van der Waals surface area (Å²) < 4.78 is 61.8. The first kappa shape index (κ1) is 35.7. The monoisotopic (exact) mass is 717 g/mol. The van der Waals surface area contributed by atoms with Gasteiger partial charge >= 0.3 is 0 Å². The maximum Gasteiger partial charge on any atom is 0.280 e. The van der Waals surface area contributed by atoms with Gasteiger partial charge in [-0.25, -0.2) is 22.7 Å². The minimum absolute atomic E-state index is 0.00190. The number of nitrogens with one attached hydrogen (secondary N) is 3. The van der Waals surface area contributed by atoms with Crippen molar-refractivity contribution in [3.63, 3.8) is 0 Å². The Kier molecular flexibility index (Phi) is 12.0. The first-order valence-corrected chi connectivity index (χ1v) is 18.7. The summed E-state index contributed by atoms with van der Waals surface area (Å²) in [5.74, 6) is -0.953. The molecule has 4 rings (SSSR count). The SMILES string of the molecule is [2H]C[C@H]1OC(n2cnc3c(=O)[nH]c(NC(=O)C(C)C)nc32)[C@@H](OC(=S)N2CCS(=O)(=O)CC2)[C@H]1OP(ONCC=C)N(C(C)C)C(C)C. The second-order valence-electron chi connectivity index (χ2n) is 12.0. The van der Waals surface area contributed by atoms with E-state index in [0.717, 1.165) is 0 Å². The molecule has 0 aliphatic carbocycles. The third kappa shape index (κ3) is 8.92. The smallest absolute Gasteiger partial charge is 0.280 e. The van der Waals surface area contributed by atoms with E-state index in [9.17, 15) is 18.0 Å². The number of anilines is 1. The maximum atomic E-state index is 13.0. The highest BCUT2D eigenvalue weighted by Gasteiger charge is 2.50. The summed E-state index contributed by atoms with van der Waals surface area (Å²) in [6, 6.07) is -0.00381. The number of ether oxygens (including phenoxy) is 2. The molecule has 5 atom stereocenters. The van der Waals surface area contributed by atoms with Crippen LogP contribution in [0.3, 0.4) is 0 Å². The third-order valence-electron chi connectivity index (χ3n) is 7.43. The highest BCUT2D eigenvalue weighted by atomic mass is 32.2. The molecule has 2 fully saturated rings. The van der Waals surface area contributed by atoms with Crippen LogP contribution in [0.2, 0.25) is 0 Å². The zero-order chi connectivity index (χ0) is 35.3. The molecule has 4 heterocycles. The van der Waals surface area contributed by atoms with Crippen LogP contribution in [-0.4, -0.2) is 110 Å². The molecule has 0 aromatic carbocycles. The fourth-order valence-electron chi connectivity index (χ4n) is 5.06. The van der Waals surface area contributed by atoms with Gasteiger partial charge in [-0.1, -0.05) is 19.9 Å². The Morgan fingerprint density at radius 1 is 1.28 bits per heavy atom. The van der Waals surface area contributed by atoms with E-state index < -0.39 is 48.5 Å². The summed E-state index contributed by atoms with van der Waals surface area (Å²) >= 11 is 5.69. The number of rotatable bonds is 13. The van der Waals surface area contributed by atoms with Crippen molar-refractivity contribution in [2.24, 2.45) is 5.92 Å². The van der Waals surface area contributed by atoms with Crippen LogP contribution >= 0.6 is 20.7 Å². The van der Waals surface area contributed by atoms with Crippen LogP contribution in [0.5, 0.6) is 0 Å². The first-order valence-electron chi connectivity index (χ1n) is 16.0. The second kappa shape index (κ2) is 15.8. The normalized spacial score (nSPS) is 23.9. The summed E-state index contributed by atoms with van der Waals surface area (Å²) in [5, 5.41) is 2.63. The molecule has 0 radical (unpaired) electrons. The average molecular weight is 718 g/mol. The van der Waals surface area contributed by atoms with E-state index in [1.54, 1.807) is 24.8 Å². The molecule has 47 heavy (non-hydrogen) atoms. The number of carbonyl (C=O) groups excluding carboxylic acids is 1. The molecule has 19 heteroatoms. The summed E-state index contributed by atoms with van der Waals surface area (Å²) in [5.41, 5.74) is 2.36. The summed E-state index contributed by atoms with van der Waals surface area (Å²) in [7, 11) is -5.02. The molecule has 2 aromatic heterocycles. The number of hydroxylamine groups is 1. The maximum absolute atomic E-state index is 13.0. The number of aromatic amines is 1. The van der Waals surface area contributed by atoms with Crippen LogP contribution in [0, 0.1) is 5.92 Å². The highest BCUT2D eigenvalue weighted by molar-refractivity contribution is 7.91. The molecule has 0 saturated carbocycles.